The molecule has 3 aromatic heterocycles. The van der Waals surface area contributed by atoms with Gasteiger partial charge in [0.15, 0.2) is 0 Å². The van der Waals surface area contributed by atoms with Crippen molar-refractivity contribution >= 4 is 23.4 Å². The van der Waals surface area contributed by atoms with Crippen LogP contribution in [0.1, 0.15) is 16.7 Å². The van der Waals surface area contributed by atoms with Gasteiger partial charge in [-0.05, 0) is 34.9 Å². The van der Waals surface area contributed by atoms with E-state index in [0.717, 1.165) is 19.6 Å². The van der Waals surface area contributed by atoms with Gasteiger partial charge < -0.3 is 0 Å². The van der Waals surface area contributed by atoms with Crippen LogP contribution in [0.25, 0.3) is 0 Å². The molecule has 0 bridgehead atoms. The zero-order valence-corrected chi connectivity index (χ0v) is 27.1. The van der Waals surface area contributed by atoms with Crippen molar-refractivity contribution in [2.45, 2.75) is 19.6 Å². The van der Waals surface area contributed by atoms with Gasteiger partial charge in [0, 0.05) is 0 Å². The zero-order chi connectivity index (χ0) is 38.0. The Morgan fingerprint density at radius 1 is 0.396 bits per heavy atom. The van der Waals surface area contributed by atoms with Gasteiger partial charge in [-0.3, -0.25) is 0 Å². The fraction of sp³-hybridized carbons (Fsp3) is 0.286. The first kappa shape index (κ1) is 42.9. The van der Waals surface area contributed by atoms with Crippen LogP contribution >= 0.6 is 23.4 Å². The summed E-state index contributed by atoms with van der Waals surface area (Å²) in [5, 5.41) is 0. The Labute approximate surface area is 258 Å². The van der Waals surface area contributed by atoms with Crippen molar-refractivity contribution in [2.24, 2.45) is 21.1 Å². The van der Waals surface area contributed by atoms with Crippen LogP contribution in [0.15, 0.2) is 74.4 Å². The first-order valence-corrected chi connectivity index (χ1v) is 18.3. The van der Waals surface area contributed by atoms with Crippen LogP contribution in [0.4, 0.5) is 75.5 Å². The third-order valence-electron chi connectivity index (χ3n) is 4.68. The van der Waals surface area contributed by atoms with Crippen LogP contribution in [-0.4, -0.2) is 13.7 Å². The van der Waals surface area contributed by atoms with E-state index in [1.54, 1.807) is 0 Å². The molecule has 6 nitrogen and oxygen atoms in total. The number of hydrogen-bond acceptors (Lipinski definition) is 0. The Morgan fingerprint density at radius 2 is 0.562 bits per heavy atom. The number of nitrogens with zero attached hydrogens (tertiary/aromatic N) is 6. The summed E-state index contributed by atoms with van der Waals surface area (Å²) in [6.45, 7) is 2.63. The van der Waals surface area contributed by atoms with Gasteiger partial charge in [-0.1, -0.05) is 0 Å². The van der Waals surface area contributed by atoms with Gasteiger partial charge in [-0.15, -0.1) is 0 Å². The second-order valence-corrected chi connectivity index (χ2v) is 16.0. The number of rotatable bonds is 6. The van der Waals surface area contributed by atoms with Crippen LogP contribution in [0.5, 0.6) is 0 Å². The van der Waals surface area contributed by atoms with Crippen LogP contribution in [0.2, 0.25) is 0 Å². The molecular weight excluding hydrogens is 771 g/mol. The number of halogens is 18. The molecule has 0 unspecified atom stereocenters. The van der Waals surface area contributed by atoms with E-state index >= 15 is 0 Å². The number of benzene rings is 1. The van der Waals surface area contributed by atoms with Crippen molar-refractivity contribution in [1.29, 1.82) is 0 Å². The van der Waals surface area contributed by atoms with E-state index in [9.17, 15) is 75.5 Å². The third-order valence-corrected chi connectivity index (χ3v) is 4.68. The van der Waals surface area contributed by atoms with Gasteiger partial charge in [0.05, 0.1) is 21.1 Å². The SMILES string of the molecule is C[n+]1ccn(Cc2cc(Cn3cc[n+](C)c3)cc(Cn3cc[n+](C)c3)c2)c1.F[P-](F)(F)(F)(F)F.F[P-](F)(F)(F)(F)F.F[P-](F)(F)(F)(F)F. The Hall–Kier alpha value is -3.12. The number of hydrogen-bond donors (Lipinski definition) is 0. The van der Waals surface area contributed by atoms with E-state index in [0.29, 0.717) is 0 Å². The molecule has 48 heavy (non-hydrogen) atoms. The standard InChI is InChI=1S/C21H27N6.3F6P/c1-22-4-7-25(16-22)13-19-10-20(14-26-8-5-23(2)17-26)12-21(11-19)15-27-9-6-24(3)18-27;3*1-7(2,3,4,5)6/h4-12,16-18H,13-15H2,1-3H3;;;/q+3;3*-1. The Kier molecular flexibility index (Phi) is 10.2. The van der Waals surface area contributed by atoms with E-state index in [1.807, 2.05) is 0 Å². The molecule has 1 aromatic carbocycles. The molecule has 0 aliphatic rings. The van der Waals surface area contributed by atoms with E-state index in [1.165, 1.54) is 16.7 Å². The van der Waals surface area contributed by atoms with Gasteiger partial charge in [0.25, 0.3) is 0 Å². The predicted molar refractivity (Wildman–Crippen MR) is 141 cm³/mol. The van der Waals surface area contributed by atoms with Crippen LogP contribution in [0.3, 0.4) is 0 Å². The van der Waals surface area contributed by atoms with Crippen LogP contribution < -0.4 is 13.7 Å². The van der Waals surface area contributed by atoms with Crippen molar-refractivity contribution in [3.63, 3.8) is 0 Å². The van der Waals surface area contributed by atoms with Gasteiger partial charge in [0.1, 0.15) is 56.8 Å². The molecule has 282 valence electrons. The summed E-state index contributed by atoms with van der Waals surface area (Å²) in [5.74, 6) is 0. The fourth-order valence-electron chi connectivity index (χ4n) is 3.53. The summed E-state index contributed by atoms with van der Waals surface area (Å²) in [6, 6.07) is 6.96. The van der Waals surface area contributed by atoms with Gasteiger partial charge in [-0.2, -0.15) is 0 Å². The van der Waals surface area contributed by atoms with E-state index in [2.05, 4.69) is 123 Å². The average molecular weight is 798 g/mol. The fourth-order valence-corrected chi connectivity index (χ4v) is 3.53. The van der Waals surface area contributed by atoms with Crippen LogP contribution in [-0.2, 0) is 40.8 Å². The quantitative estimate of drug-likeness (QED) is 0.106. The molecule has 0 radical (unpaired) electrons. The zero-order valence-electron chi connectivity index (χ0n) is 24.4. The van der Waals surface area contributed by atoms with Gasteiger partial charge in [-0.25, -0.2) is 27.4 Å². The van der Waals surface area contributed by atoms with E-state index in [4.69, 9.17) is 0 Å². The van der Waals surface area contributed by atoms with Gasteiger partial charge in [0.2, 0.25) is 19.0 Å². The summed E-state index contributed by atoms with van der Waals surface area (Å²) in [7, 11) is -25.8. The van der Waals surface area contributed by atoms with Crippen molar-refractivity contribution in [1.82, 2.24) is 13.7 Å². The molecule has 0 aliphatic heterocycles. The topological polar surface area (TPSA) is 26.4 Å². The molecule has 0 saturated carbocycles. The molecule has 0 spiro atoms. The Bertz CT molecular complexity index is 1460. The molecule has 0 saturated heterocycles. The summed E-state index contributed by atoms with van der Waals surface area (Å²) in [4.78, 5) is 0. The van der Waals surface area contributed by atoms with Crippen molar-refractivity contribution < 1.29 is 89.2 Å². The molecule has 4 rings (SSSR count). The van der Waals surface area contributed by atoms with Gasteiger partial charge >= 0.3 is 99.0 Å². The molecule has 0 N–H and O–H groups in total. The third kappa shape index (κ3) is 32.8. The Balaban J connectivity index is 0.000000448. The van der Waals surface area contributed by atoms with Crippen molar-refractivity contribution in [3.8, 4) is 0 Å². The first-order valence-electron chi connectivity index (χ1n) is 12.2. The monoisotopic (exact) mass is 798 g/mol. The molecule has 4 aromatic rings. The average Bonchev–Trinajstić information content (AvgIpc) is 3.43. The maximum atomic E-state index is 9.87. The molecule has 0 fully saturated rings. The molecule has 0 aliphatic carbocycles. The molecule has 0 atom stereocenters. The summed E-state index contributed by atoms with van der Waals surface area (Å²) < 4.78 is 190. The Morgan fingerprint density at radius 3 is 0.688 bits per heavy atom. The van der Waals surface area contributed by atoms with Crippen molar-refractivity contribution in [2.75, 3.05) is 0 Å². The maximum absolute atomic E-state index is 10.7. The first-order chi connectivity index (χ1) is 20.4. The second kappa shape index (κ2) is 11.5. The van der Waals surface area contributed by atoms with Crippen molar-refractivity contribution in [3.05, 3.63) is 91.1 Å². The van der Waals surface area contributed by atoms with E-state index in [-0.39, 0.29) is 0 Å². The number of aromatic nitrogens is 6. The summed E-state index contributed by atoms with van der Waals surface area (Å²) in [6.07, 6.45) is 18.9. The number of aryl methyl sites for hydroxylation is 3. The molecule has 3 heterocycles. The number of imidazole rings is 3. The molecule has 27 heteroatoms. The minimum atomic E-state index is -10.7. The van der Waals surface area contributed by atoms with Crippen LogP contribution in [0, 0.1) is 0 Å². The summed E-state index contributed by atoms with van der Waals surface area (Å²) in [5.41, 5.74) is 3.98. The second-order valence-electron chi connectivity index (χ2n) is 10.3. The normalized spacial score (nSPS) is 16.4. The molecule has 0 amide bonds. The minimum absolute atomic E-state index is 0.876. The molecular formula is C21H27F18N6P3. The van der Waals surface area contributed by atoms with E-state index < -0.39 is 23.4 Å². The summed E-state index contributed by atoms with van der Waals surface area (Å²) >= 11 is 0. The predicted octanol–water partition coefficient (Wildman–Crippen LogP) is 10.9.